The zero-order valence-corrected chi connectivity index (χ0v) is 18.2. The van der Waals surface area contributed by atoms with Gasteiger partial charge in [0.15, 0.2) is 5.78 Å². The number of amides is 1. The first-order valence-corrected chi connectivity index (χ1v) is 10.3. The van der Waals surface area contributed by atoms with Gasteiger partial charge in [-0.2, -0.15) is 0 Å². The minimum Gasteiger partial charge on any atom is -0.337 e. The number of rotatable bonds is 5. The summed E-state index contributed by atoms with van der Waals surface area (Å²) in [4.78, 5) is 43.1. The molecule has 0 radical (unpaired) electrons. The van der Waals surface area contributed by atoms with E-state index in [2.05, 4.69) is 10.3 Å². The summed E-state index contributed by atoms with van der Waals surface area (Å²) in [6.45, 7) is 5.75. The Morgan fingerprint density at radius 3 is 2.34 bits per heavy atom. The highest BCUT2D eigenvalue weighted by atomic mass is 16.2. The van der Waals surface area contributed by atoms with E-state index in [1.807, 2.05) is 51.1 Å². The van der Waals surface area contributed by atoms with E-state index < -0.39 is 5.78 Å². The van der Waals surface area contributed by atoms with E-state index >= 15 is 0 Å². The number of hydrogen-bond donors (Lipinski definition) is 1. The molecule has 0 saturated heterocycles. The molecule has 2 heterocycles. The fourth-order valence-corrected chi connectivity index (χ4v) is 3.66. The summed E-state index contributed by atoms with van der Waals surface area (Å²) in [5.41, 5.74) is 4.28. The maximum Gasteiger partial charge on any atom is 0.244 e. The quantitative estimate of drug-likeness (QED) is 0.486. The average Bonchev–Trinajstić information content (AvgIpc) is 2.79. The van der Waals surface area contributed by atoms with E-state index in [1.54, 1.807) is 22.8 Å². The molecule has 0 aliphatic rings. The Morgan fingerprint density at radius 2 is 1.62 bits per heavy atom. The maximum absolute atomic E-state index is 13.2. The van der Waals surface area contributed by atoms with Crippen molar-refractivity contribution >= 4 is 28.3 Å². The number of aryl methyl sites for hydroxylation is 3. The first kappa shape index (κ1) is 21.2. The Kier molecular flexibility index (Phi) is 5.69. The lowest BCUT2D eigenvalue weighted by Crippen LogP contribution is -2.24. The van der Waals surface area contributed by atoms with Gasteiger partial charge in [0.2, 0.25) is 11.3 Å². The van der Waals surface area contributed by atoms with Crippen molar-refractivity contribution in [2.24, 2.45) is 0 Å². The van der Waals surface area contributed by atoms with Crippen molar-refractivity contribution in [3.63, 3.8) is 0 Å². The third-order valence-electron chi connectivity index (χ3n) is 5.62. The molecule has 0 spiro atoms. The molecule has 2 aromatic heterocycles. The van der Waals surface area contributed by atoms with Crippen molar-refractivity contribution in [1.82, 2.24) is 9.55 Å². The summed E-state index contributed by atoms with van der Waals surface area (Å²) >= 11 is 0. The second-order valence-corrected chi connectivity index (χ2v) is 7.88. The van der Waals surface area contributed by atoms with Crippen LogP contribution in [-0.4, -0.2) is 21.2 Å². The molecule has 0 saturated carbocycles. The molecule has 1 amide bonds. The van der Waals surface area contributed by atoms with Gasteiger partial charge in [0, 0.05) is 35.2 Å². The summed E-state index contributed by atoms with van der Waals surface area (Å²) in [6.07, 6.45) is 4.51. The van der Waals surface area contributed by atoms with Gasteiger partial charge in [-0.25, -0.2) is 0 Å². The molecule has 4 aromatic rings. The zero-order valence-electron chi connectivity index (χ0n) is 18.2. The smallest absolute Gasteiger partial charge is 0.244 e. The molecule has 6 nitrogen and oxygen atoms in total. The number of para-hydroxylation sites is 1. The Balaban J connectivity index is 1.81. The fourth-order valence-electron chi connectivity index (χ4n) is 3.66. The minimum atomic E-state index is -0.398. The van der Waals surface area contributed by atoms with Gasteiger partial charge >= 0.3 is 0 Å². The van der Waals surface area contributed by atoms with Crippen molar-refractivity contribution < 1.29 is 9.59 Å². The number of anilines is 1. The number of pyridine rings is 2. The van der Waals surface area contributed by atoms with Crippen LogP contribution in [0.3, 0.4) is 0 Å². The van der Waals surface area contributed by atoms with E-state index in [0.29, 0.717) is 16.5 Å². The van der Waals surface area contributed by atoms with Crippen LogP contribution in [0, 0.1) is 20.8 Å². The van der Waals surface area contributed by atoms with Crippen LogP contribution in [0.2, 0.25) is 0 Å². The Hall–Kier alpha value is -4.06. The lowest BCUT2D eigenvalue weighted by molar-refractivity contribution is -0.116. The van der Waals surface area contributed by atoms with Gasteiger partial charge in [0.25, 0.3) is 0 Å². The summed E-state index contributed by atoms with van der Waals surface area (Å²) in [6, 6.07) is 14.3. The van der Waals surface area contributed by atoms with E-state index in [-0.39, 0.29) is 23.4 Å². The van der Waals surface area contributed by atoms with Crippen molar-refractivity contribution in [3.05, 3.63) is 105 Å². The number of carbonyl (C=O) groups excluding carboxylic acids is 2. The molecule has 6 heteroatoms. The average molecular weight is 425 g/mol. The molecular weight excluding hydrogens is 402 g/mol. The van der Waals surface area contributed by atoms with Gasteiger partial charge in [0.1, 0.15) is 6.54 Å². The van der Waals surface area contributed by atoms with Crippen molar-refractivity contribution in [1.29, 1.82) is 0 Å². The van der Waals surface area contributed by atoms with Crippen LogP contribution >= 0.6 is 0 Å². The van der Waals surface area contributed by atoms with Crippen molar-refractivity contribution in [2.75, 3.05) is 5.32 Å². The number of fused-ring (bicyclic) bond motifs is 1. The molecule has 4 rings (SSSR count). The highest BCUT2D eigenvalue weighted by Crippen LogP contribution is 2.20. The van der Waals surface area contributed by atoms with Crippen LogP contribution in [0.4, 0.5) is 5.69 Å². The number of nitrogens with one attached hydrogen (secondary N) is 1. The molecule has 2 aromatic carbocycles. The Morgan fingerprint density at radius 1 is 0.938 bits per heavy atom. The number of ketones is 1. The molecule has 0 unspecified atom stereocenters. The highest BCUT2D eigenvalue weighted by molar-refractivity contribution is 6.10. The summed E-state index contributed by atoms with van der Waals surface area (Å²) in [7, 11) is 0. The van der Waals surface area contributed by atoms with Crippen LogP contribution in [-0.2, 0) is 11.3 Å². The highest BCUT2D eigenvalue weighted by Gasteiger charge is 2.19. The van der Waals surface area contributed by atoms with Gasteiger partial charge in [-0.05, 0) is 67.8 Å². The van der Waals surface area contributed by atoms with Gasteiger partial charge in [-0.1, -0.05) is 18.2 Å². The summed E-state index contributed by atoms with van der Waals surface area (Å²) in [5, 5.41) is 3.33. The number of nitrogens with zero attached hydrogens (tertiary/aromatic N) is 2. The molecule has 0 aliphatic carbocycles. The van der Waals surface area contributed by atoms with E-state index in [4.69, 9.17) is 0 Å². The minimum absolute atomic E-state index is 0.0237. The van der Waals surface area contributed by atoms with E-state index in [0.717, 1.165) is 22.4 Å². The van der Waals surface area contributed by atoms with E-state index in [1.165, 1.54) is 18.6 Å². The summed E-state index contributed by atoms with van der Waals surface area (Å²) < 4.78 is 1.67. The van der Waals surface area contributed by atoms with Gasteiger partial charge in [-0.3, -0.25) is 19.4 Å². The van der Waals surface area contributed by atoms with Crippen molar-refractivity contribution in [3.8, 4) is 0 Å². The molecule has 160 valence electrons. The number of hydrogen-bond acceptors (Lipinski definition) is 4. The van der Waals surface area contributed by atoms with Gasteiger partial charge < -0.3 is 9.88 Å². The van der Waals surface area contributed by atoms with Crippen LogP contribution in [0.5, 0.6) is 0 Å². The normalized spacial score (nSPS) is 10.8. The lowest BCUT2D eigenvalue weighted by atomic mass is 10.0. The Bertz CT molecular complexity index is 1410. The third-order valence-corrected chi connectivity index (χ3v) is 5.62. The number of aromatic nitrogens is 2. The Labute approximate surface area is 185 Å². The van der Waals surface area contributed by atoms with Crippen LogP contribution in [0.25, 0.3) is 10.9 Å². The van der Waals surface area contributed by atoms with Crippen molar-refractivity contribution in [2.45, 2.75) is 27.3 Å². The molecule has 0 fully saturated rings. The fraction of sp³-hybridized carbons (Fsp3) is 0.154. The first-order valence-electron chi connectivity index (χ1n) is 10.3. The largest absolute Gasteiger partial charge is 0.337 e. The van der Waals surface area contributed by atoms with Crippen LogP contribution in [0.1, 0.15) is 32.6 Å². The molecule has 0 aliphatic heterocycles. The standard InChI is InChI=1S/C26H23N3O3/c1-16-6-4-5-7-22(16)28-24(30)15-29-14-21(25(31)19-8-10-27-11-9-19)26(32)20-12-17(2)18(3)13-23(20)29/h4-14H,15H2,1-3H3,(H,28,30). The predicted molar refractivity (Wildman–Crippen MR) is 125 cm³/mol. The monoisotopic (exact) mass is 425 g/mol. The van der Waals surface area contributed by atoms with Crippen LogP contribution < -0.4 is 10.7 Å². The van der Waals surface area contributed by atoms with E-state index in [9.17, 15) is 14.4 Å². The molecular formula is C26H23N3O3. The summed E-state index contributed by atoms with van der Waals surface area (Å²) in [5.74, 6) is -0.643. The zero-order chi connectivity index (χ0) is 22.8. The molecule has 0 atom stereocenters. The third kappa shape index (κ3) is 4.07. The second kappa shape index (κ2) is 8.59. The number of carbonyl (C=O) groups is 2. The SMILES string of the molecule is Cc1cc2c(=O)c(C(=O)c3ccncc3)cn(CC(=O)Nc3ccccc3C)c2cc1C. The number of benzene rings is 2. The van der Waals surface area contributed by atoms with Gasteiger partial charge in [0.05, 0.1) is 11.1 Å². The molecule has 0 bridgehead atoms. The lowest BCUT2D eigenvalue weighted by Gasteiger charge is -2.15. The van der Waals surface area contributed by atoms with Gasteiger partial charge in [-0.15, -0.1) is 0 Å². The second-order valence-electron chi connectivity index (χ2n) is 7.88. The molecule has 1 N–H and O–H groups in total. The maximum atomic E-state index is 13.2. The topological polar surface area (TPSA) is 81.1 Å². The van der Waals surface area contributed by atoms with Crippen LogP contribution in [0.15, 0.2) is 71.9 Å². The predicted octanol–water partition coefficient (Wildman–Crippen LogP) is 4.19. The molecule has 32 heavy (non-hydrogen) atoms. The first-order chi connectivity index (χ1) is 15.3.